The van der Waals surface area contributed by atoms with Crippen LogP contribution in [0.5, 0.6) is 0 Å². The van der Waals surface area contributed by atoms with Crippen molar-refractivity contribution in [2.75, 3.05) is 5.32 Å². The molecule has 0 aliphatic rings. The topological polar surface area (TPSA) is 90.0 Å². The predicted octanol–water partition coefficient (Wildman–Crippen LogP) is 4.12. The summed E-state index contributed by atoms with van der Waals surface area (Å²) in [7, 11) is 0. The van der Waals surface area contributed by atoms with Gasteiger partial charge in [0.25, 0.3) is 11.3 Å². The molecule has 1 N–H and O–H groups in total. The molecular weight excluding hydrogens is 462 g/mol. The fourth-order valence-electron chi connectivity index (χ4n) is 2.94. The third kappa shape index (κ3) is 4.13. The Morgan fingerprint density at radius 2 is 1.93 bits per heavy atom. The molecule has 0 aliphatic carbocycles. The van der Waals surface area contributed by atoms with Gasteiger partial charge in [0.15, 0.2) is 0 Å². The van der Waals surface area contributed by atoms with Crippen LogP contribution in [-0.2, 0) is 11.3 Å². The van der Waals surface area contributed by atoms with Crippen LogP contribution in [0.1, 0.15) is 6.42 Å². The molecule has 2 aromatic carbocycles. The maximum Gasteiger partial charge on any atom is 0.266 e. The number of carbonyl (C=O) groups is 1. The SMILES string of the molecule is O=C(CCn1cnc2onc(-c3cc(F)cc(F)c3)c2c1=O)Nc1cccc(Br)c1. The molecule has 0 atom stereocenters. The summed E-state index contributed by atoms with van der Waals surface area (Å²) >= 11 is 3.32. The Morgan fingerprint density at radius 1 is 1.17 bits per heavy atom. The molecule has 2 aromatic heterocycles. The Labute approximate surface area is 176 Å². The molecule has 0 bridgehead atoms. The lowest BCUT2D eigenvalue weighted by Crippen LogP contribution is -2.23. The van der Waals surface area contributed by atoms with Crippen LogP contribution < -0.4 is 10.9 Å². The number of nitrogens with zero attached hydrogens (tertiary/aromatic N) is 3. The van der Waals surface area contributed by atoms with Gasteiger partial charge in [-0.15, -0.1) is 0 Å². The molecule has 30 heavy (non-hydrogen) atoms. The first-order valence-electron chi connectivity index (χ1n) is 8.77. The smallest absolute Gasteiger partial charge is 0.266 e. The zero-order valence-corrected chi connectivity index (χ0v) is 16.8. The van der Waals surface area contributed by atoms with Gasteiger partial charge in [-0.25, -0.2) is 13.8 Å². The van der Waals surface area contributed by atoms with Crippen LogP contribution >= 0.6 is 15.9 Å². The third-order valence-corrected chi connectivity index (χ3v) is 4.78. The van der Waals surface area contributed by atoms with Crippen molar-refractivity contribution in [3.8, 4) is 11.3 Å². The van der Waals surface area contributed by atoms with Crippen molar-refractivity contribution in [1.82, 2.24) is 14.7 Å². The number of benzene rings is 2. The Kier molecular flexibility index (Phi) is 5.40. The molecule has 0 fully saturated rings. The number of nitrogens with one attached hydrogen (secondary N) is 1. The Balaban J connectivity index is 1.59. The van der Waals surface area contributed by atoms with Crippen LogP contribution in [0.15, 0.2) is 62.6 Å². The molecular formula is C20H13BrF2N4O3. The van der Waals surface area contributed by atoms with Crippen LogP contribution in [0.3, 0.4) is 0 Å². The number of hydrogen-bond donors (Lipinski definition) is 1. The number of carbonyl (C=O) groups excluding carboxylic acids is 1. The third-order valence-electron chi connectivity index (χ3n) is 4.29. The fourth-order valence-corrected chi connectivity index (χ4v) is 3.34. The summed E-state index contributed by atoms with van der Waals surface area (Å²) < 4.78 is 34.2. The minimum atomic E-state index is -0.811. The fraction of sp³-hybridized carbons (Fsp3) is 0.100. The number of fused-ring (bicyclic) bond motifs is 1. The summed E-state index contributed by atoms with van der Waals surface area (Å²) in [6.07, 6.45) is 1.24. The summed E-state index contributed by atoms with van der Waals surface area (Å²) in [5.74, 6) is -1.91. The van der Waals surface area contributed by atoms with Gasteiger partial charge in [-0.1, -0.05) is 27.2 Å². The van der Waals surface area contributed by atoms with Crippen molar-refractivity contribution in [1.29, 1.82) is 0 Å². The van der Waals surface area contributed by atoms with Crippen molar-refractivity contribution >= 4 is 38.6 Å². The van der Waals surface area contributed by atoms with Gasteiger partial charge in [0.05, 0.1) is 0 Å². The van der Waals surface area contributed by atoms with E-state index in [1.54, 1.807) is 18.2 Å². The second-order valence-corrected chi connectivity index (χ2v) is 7.34. The van der Waals surface area contributed by atoms with Crippen LogP contribution in [0.2, 0.25) is 0 Å². The summed E-state index contributed by atoms with van der Waals surface area (Å²) in [5, 5.41) is 6.46. The molecule has 7 nitrogen and oxygen atoms in total. The Bertz CT molecular complexity index is 1300. The van der Waals surface area contributed by atoms with Crippen molar-refractivity contribution in [2.45, 2.75) is 13.0 Å². The summed E-state index contributed by atoms with van der Waals surface area (Å²) in [4.78, 5) is 29.1. The average molecular weight is 475 g/mol. The molecule has 0 radical (unpaired) electrons. The van der Waals surface area contributed by atoms with E-state index in [-0.39, 0.29) is 41.2 Å². The average Bonchev–Trinajstić information content (AvgIpc) is 3.12. The lowest BCUT2D eigenvalue weighted by atomic mass is 10.1. The molecule has 4 aromatic rings. The number of amides is 1. The van der Waals surface area contributed by atoms with Crippen molar-refractivity contribution < 1.29 is 18.1 Å². The quantitative estimate of drug-likeness (QED) is 0.469. The maximum atomic E-state index is 13.6. The Morgan fingerprint density at radius 3 is 2.67 bits per heavy atom. The first-order valence-corrected chi connectivity index (χ1v) is 9.57. The van der Waals surface area contributed by atoms with Gasteiger partial charge >= 0.3 is 0 Å². The molecule has 0 saturated carbocycles. The number of aromatic nitrogens is 3. The highest BCUT2D eigenvalue weighted by Gasteiger charge is 2.18. The number of anilines is 1. The second kappa shape index (κ2) is 8.15. The standard InChI is InChI=1S/C20H13BrF2N4O3/c21-12-2-1-3-15(8-12)25-16(28)4-5-27-10-24-19-17(20(27)29)18(26-30-19)11-6-13(22)9-14(23)7-11/h1-3,6-10H,4-5H2,(H,25,28). The molecule has 0 saturated heterocycles. The van der Waals surface area contributed by atoms with E-state index in [2.05, 4.69) is 31.4 Å². The van der Waals surface area contributed by atoms with Crippen LogP contribution in [-0.4, -0.2) is 20.6 Å². The van der Waals surface area contributed by atoms with E-state index in [1.165, 1.54) is 10.9 Å². The highest BCUT2D eigenvalue weighted by Crippen LogP contribution is 2.25. The van der Waals surface area contributed by atoms with Gasteiger partial charge in [-0.05, 0) is 30.3 Å². The first kappa shape index (κ1) is 19.9. The molecule has 2 heterocycles. The molecule has 10 heteroatoms. The van der Waals surface area contributed by atoms with Crippen LogP contribution in [0.4, 0.5) is 14.5 Å². The predicted molar refractivity (Wildman–Crippen MR) is 109 cm³/mol. The van der Waals surface area contributed by atoms with E-state index in [1.807, 2.05) is 6.07 Å². The molecule has 1 amide bonds. The van der Waals surface area contributed by atoms with E-state index in [9.17, 15) is 18.4 Å². The first-order chi connectivity index (χ1) is 14.4. The number of rotatable bonds is 5. The second-order valence-electron chi connectivity index (χ2n) is 6.42. The largest absolute Gasteiger partial charge is 0.335 e. The van der Waals surface area contributed by atoms with Crippen LogP contribution in [0.25, 0.3) is 22.4 Å². The van der Waals surface area contributed by atoms with E-state index in [4.69, 9.17) is 4.52 Å². The Hall–Kier alpha value is -3.40. The molecule has 4 rings (SSSR count). The van der Waals surface area contributed by atoms with Gasteiger partial charge in [0, 0.05) is 34.8 Å². The van der Waals surface area contributed by atoms with Gasteiger partial charge < -0.3 is 9.84 Å². The minimum absolute atomic E-state index is 0.00874. The molecule has 0 aliphatic heterocycles. The summed E-state index contributed by atoms with van der Waals surface area (Å²) in [5.41, 5.74) is 0.0552. The monoisotopic (exact) mass is 474 g/mol. The normalized spacial score (nSPS) is 11.0. The van der Waals surface area contributed by atoms with E-state index < -0.39 is 17.2 Å². The lowest BCUT2D eigenvalue weighted by molar-refractivity contribution is -0.116. The van der Waals surface area contributed by atoms with E-state index >= 15 is 0 Å². The van der Waals surface area contributed by atoms with Crippen LogP contribution in [0, 0.1) is 11.6 Å². The molecule has 0 unspecified atom stereocenters. The van der Waals surface area contributed by atoms with E-state index in [0.29, 0.717) is 11.8 Å². The summed E-state index contributed by atoms with van der Waals surface area (Å²) in [6, 6.07) is 9.91. The highest BCUT2D eigenvalue weighted by molar-refractivity contribution is 9.10. The summed E-state index contributed by atoms with van der Waals surface area (Å²) in [6.45, 7) is 0.0454. The maximum absolute atomic E-state index is 13.6. The number of hydrogen-bond acceptors (Lipinski definition) is 5. The van der Waals surface area contributed by atoms with Gasteiger partial charge in [-0.2, -0.15) is 0 Å². The highest BCUT2D eigenvalue weighted by atomic mass is 79.9. The van der Waals surface area contributed by atoms with Crippen molar-refractivity contribution in [3.63, 3.8) is 0 Å². The van der Waals surface area contributed by atoms with Crippen molar-refractivity contribution in [2.24, 2.45) is 0 Å². The van der Waals surface area contributed by atoms with Gasteiger partial charge in [0.2, 0.25) is 5.91 Å². The number of halogens is 3. The molecule has 0 spiro atoms. The molecule has 152 valence electrons. The number of aryl methyl sites for hydroxylation is 1. The van der Waals surface area contributed by atoms with E-state index in [0.717, 1.165) is 16.6 Å². The zero-order chi connectivity index (χ0) is 21.3. The lowest BCUT2D eigenvalue weighted by Gasteiger charge is -2.07. The van der Waals surface area contributed by atoms with Crippen molar-refractivity contribution in [3.05, 3.63) is 75.3 Å². The zero-order valence-electron chi connectivity index (χ0n) is 15.2. The van der Waals surface area contributed by atoms with Gasteiger partial charge in [-0.3, -0.25) is 14.2 Å². The minimum Gasteiger partial charge on any atom is -0.335 e. The van der Waals surface area contributed by atoms with Gasteiger partial charge in [0.1, 0.15) is 29.0 Å².